The number of carbonyl (C=O) groups is 1. The van der Waals surface area contributed by atoms with Crippen LogP contribution in [0.5, 0.6) is 0 Å². The van der Waals surface area contributed by atoms with Gasteiger partial charge in [-0.1, -0.05) is 136 Å². The van der Waals surface area contributed by atoms with E-state index in [-0.39, 0.29) is 0 Å². The van der Waals surface area contributed by atoms with Crippen molar-refractivity contribution in [1.82, 2.24) is 0 Å². The van der Waals surface area contributed by atoms with Crippen molar-refractivity contribution in [2.24, 2.45) is 0 Å². The number of unbranched alkanes of at least 4 members (excludes halogenated alkanes) is 10. The van der Waals surface area contributed by atoms with Gasteiger partial charge in [0.15, 0.2) is 6.29 Å². The van der Waals surface area contributed by atoms with Gasteiger partial charge in [0.2, 0.25) is 0 Å². The third-order valence-corrected chi connectivity index (χ3v) is 17.4. The van der Waals surface area contributed by atoms with Crippen molar-refractivity contribution in [3.8, 4) is 9.75 Å². The summed E-state index contributed by atoms with van der Waals surface area (Å²) in [5.74, 6) is 0. The highest BCUT2D eigenvalue weighted by atomic mass is 32.1. The summed E-state index contributed by atoms with van der Waals surface area (Å²) in [6.45, 7) is 9.61. The van der Waals surface area contributed by atoms with Crippen LogP contribution in [-0.2, 0) is 0 Å². The topological polar surface area (TPSA) is 17.1 Å². The zero-order valence-electron chi connectivity index (χ0n) is 23.0. The van der Waals surface area contributed by atoms with Crippen molar-refractivity contribution in [1.29, 1.82) is 0 Å². The van der Waals surface area contributed by atoms with Crippen molar-refractivity contribution >= 4 is 47.4 Å². The molecule has 0 N–H and O–H groups in total. The molecule has 0 aliphatic carbocycles. The number of fused-ring (bicyclic) bond motifs is 3. The molecule has 3 rings (SSSR count). The van der Waals surface area contributed by atoms with E-state index in [1.165, 1.54) is 112 Å². The van der Waals surface area contributed by atoms with E-state index in [1.54, 1.807) is 21.7 Å². The smallest absolute Gasteiger partial charge is 0.160 e. The van der Waals surface area contributed by atoms with Gasteiger partial charge in [0.05, 0.1) is 4.88 Å². The van der Waals surface area contributed by atoms with Gasteiger partial charge in [0, 0.05) is 9.75 Å². The lowest BCUT2D eigenvalue weighted by molar-refractivity contribution is 0.112. The quantitative estimate of drug-likeness (QED) is 0.100. The molecule has 0 amide bonds. The average molecular weight is 531 g/mol. The Balaban J connectivity index is 1.87. The highest BCUT2D eigenvalue weighted by molar-refractivity contribution is 7.29. The van der Waals surface area contributed by atoms with Crippen molar-refractivity contribution in [2.45, 2.75) is 142 Å². The Morgan fingerprint density at radius 3 is 2.03 bits per heavy atom. The first kappa shape index (κ1) is 28.9. The van der Waals surface area contributed by atoms with Gasteiger partial charge in [-0.2, -0.15) is 0 Å². The van der Waals surface area contributed by atoms with Crippen LogP contribution >= 0.6 is 22.7 Å². The van der Waals surface area contributed by atoms with Crippen LogP contribution in [0.25, 0.3) is 9.75 Å². The number of thiophene rings is 2. The molecule has 1 aliphatic rings. The van der Waals surface area contributed by atoms with Gasteiger partial charge < -0.3 is 0 Å². The van der Waals surface area contributed by atoms with E-state index in [4.69, 9.17) is 0 Å². The standard InChI is InChI=1S/C31H50OS2Si/c1-5-8-10-12-13-15-16-19-25(4)35(27(18-7-3)20-17-14-11-9-6-2)28-21-22-33-30(28)31-29(35)23-26(24-32)34-31/h21-25,27H,5-20H2,1-4H3. The first-order chi connectivity index (χ1) is 17.1. The first-order valence-electron chi connectivity index (χ1n) is 14.8. The molecule has 1 aliphatic heterocycles. The fourth-order valence-electron chi connectivity index (χ4n) is 6.85. The van der Waals surface area contributed by atoms with Crippen LogP contribution < -0.4 is 10.4 Å². The van der Waals surface area contributed by atoms with E-state index in [1.807, 2.05) is 11.3 Å². The molecule has 0 aromatic carbocycles. The summed E-state index contributed by atoms with van der Waals surface area (Å²) in [4.78, 5) is 15.8. The minimum atomic E-state index is -1.96. The summed E-state index contributed by atoms with van der Waals surface area (Å²) in [5.41, 5.74) is 1.55. The SMILES string of the molecule is CCCCCCCCCC(C)[Si]1(C(CCC)CCCCCCC)c2ccsc2-c2sc(C=O)cc21. The van der Waals surface area contributed by atoms with Crippen molar-refractivity contribution in [2.75, 3.05) is 0 Å². The third kappa shape index (κ3) is 6.60. The van der Waals surface area contributed by atoms with Gasteiger partial charge in [-0.25, -0.2) is 0 Å². The normalized spacial score (nSPS) is 18.4. The summed E-state index contributed by atoms with van der Waals surface area (Å²) in [6.07, 6.45) is 23.0. The molecule has 35 heavy (non-hydrogen) atoms. The van der Waals surface area contributed by atoms with Gasteiger partial charge in [-0.15, -0.1) is 22.7 Å². The van der Waals surface area contributed by atoms with Gasteiger partial charge in [0.1, 0.15) is 8.07 Å². The Bertz CT molecular complexity index is 884. The van der Waals surface area contributed by atoms with E-state index in [2.05, 4.69) is 45.2 Å². The summed E-state index contributed by atoms with van der Waals surface area (Å²) in [5, 5.41) is 5.73. The van der Waals surface area contributed by atoms with Crippen LogP contribution in [0.15, 0.2) is 17.5 Å². The number of aldehydes is 1. The van der Waals surface area contributed by atoms with E-state index in [0.29, 0.717) is 0 Å². The molecule has 0 radical (unpaired) electrons. The maximum absolute atomic E-state index is 11.9. The van der Waals surface area contributed by atoms with Crippen molar-refractivity contribution in [3.05, 3.63) is 22.4 Å². The lowest BCUT2D eigenvalue weighted by Gasteiger charge is -2.42. The van der Waals surface area contributed by atoms with E-state index < -0.39 is 8.07 Å². The van der Waals surface area contributed by atoms with E-state index in [0.717, 1.165) is 22.2 Å². The fraction of sp³-hybridized carbons (Fsp3) is 0.710. The predicted molar refractivity (Wildman–Crippen MR) is 162 cm³/mol. The van der Waals surface area contributed by atoms with E-state index >= 15 is 0 Å². The molecule has 0 bridgehead atoms. The maximum Gasteiger partial charge on any atom is 0.160 e. The first-order valence-corrected chi connectivity index (χ1v) is 18.7. The van der Waals surface area contributed by atoms with Gasteiger partial charge in [-0.05, 0) is 32.9 Å². The molecular formula is C31H50OS2Si. The second-order valence-corrected chi connectivity index (χ2v) is 17.7. The summed E-state index contributed by atoms with van der Waals surface area (Å²) in [6, 6.07) is 4.87. The average Bonchev–Trinajstić information content (AvgIpc) is 3.56. The Morgan fingerprint density at radius 1 is 0.771 bits per heavy atom. The molecule has 0 fully saturated rings. The number of rotatable bonds is 19. The second kappa shape index (κ2) is 14.9. The molecule has 0 saturated carbocycles. The summed E-state index contributed by atoms with van der Waals surface area (Å²) >= 11 is 3.71. The molecular weight excluding hydrogens is 481 g/mol. The molecule has 196 valence electrons. The molecule has 1 nitrogen and oxygen atoms in total. The largest absolute Gasteiger partial charge is 0.297 e. The Morgan fingerprint density at radius 2 is 1.40 bits per heavy atom. The van der Waals surface area contributed by atoms with Crippen LogP contribution in [0.2, 0.25) is 11.1 Å². The molecule has 2 aromatic rings. The Labute approximate surface area is 225 Å². The molecule has 3 atom stereocenters. The van der Waals surface area contributed by atoms with Crippen LogP contribution in [0.4, 0.5) is 0 Å². The highest BCUT2D eigenvalue weighted by Gasteiger charge is 2.54. The Kier molecular flexibility index (Phi) is 12.3. The maximum atomic E-state index is 11.9. The summed E-state index contributed by atoms with van der Waals surface area (Å²) in [7, 11) is -1.96. The number of hydrogen-bond donors (Lipinski definition) is 0. The van der Waals surface area contributed by atoms with Crippen LogP contribution in [0.3, 0.4) is 0 Å². The van der Waals surface area contributed by atoms with Crippen molar-refractivity contribution in [3.63, 3.8) is 0 Å². The lowest BCUT2D eigenvalue weighted by atomic mass is 10.1. The lowest BCUT2D eigenvalue weighted by Crippen LogP contribution is -2.61. The van der Waals surface area contributed by atoms with Crippen LogP contribution in [0, 0.1) is 0 Å². The van der Waals surface area contributed by atoms with Crippen LogP contribution in [0.1, 0.15) is 140 Å². The number of carbonyl (C=O) groups excluding carboxylic acids is 1. The van der Waals surface area contributed by atoms with Gasteiger partial charge >= 0.3 is 0 Å². The third-order valence-electron chi connectivity index (χ3n) is 8.59. The Hall–Kier alpha value is -0.713. The molecule has 0 saturated heterocycles. The fourth-order valence-corrected chi connectivity index (χ4v) is 17.3. The molecule has 3 heterocycles. The van der Waals surface area contributed by atoms with Gasteiger partial charge in [0.25, 0.3) is 0 Å². The second-order valence-electron chi connectivity index (χ2n) is 11.0. The minimum absolute atomic E-state index is 0.744. The number of hydrogen-bond acceptors (Lipinski definition) is 3. The zero-order valence-corrected chi connectivity index (χ0v) is 25.6. The van der Waals surface area contributed by atoms with Crippen LogP contribution in [-0.4, -0.2) is 14.4 Å². The minimum Gasteiger partial charge on any atom is -0.297 e. The monoisotopic (exact) mass is 530 g/mol. The van der Waals surface area contributed by atoms with Crippen molar-refractivity contribution < 1.29 is 4.79 Å². The van der Waals surface area contributed by atoms with E-state index in [9.17, 15) is 4.79 Å². The zero-order chi connectivity index (χ0) is 25.1. The molecule has 2 aromatic heterocycles. The van der Waals surface area contributed by atoms with Gasteiger partial charge in [-0.3, -0.25) is 4.79 Å². The molecule has 4 heteroatoms. The summed E-state index contributed by atoms with van der Waals surface area (Å²) < 4.78 is 0. The predicted octanol–water partition coefficient (Wildman–Crippen LogP) is 10.2. The molecule has 3 unspecified atom stereocenters. The molecule has 0 spiro atoms. The highest BCUT2D eigenvalue weighted by Crippen LogP contribution is 2.50.